The van der Waals surface area contributed by atoms with Gasteiger partial charge < -0.3 is 5.11 Å². The molecule has 1 atom stereocenters. The largest absolute Gasteiger partial charge is 0.392 e. The Bertz CT molecular complexity index is 185. The summed E-state index contributed by atoms with van der Waals surface area (Å²) >= 11 is 0. The highest BCUT2D eigenvalue weighted by atomic mass is 16.3. The van der Waals surface area contributed by atoms with Crippen LogP contribution >= 0.6 is 0 Å². The van der Waals surface area contributed by atoms with Gasteiger partial charge in [0, 0.05) is 12.8 Å². The van der Waals surface area contributed by atoms with Gasteiger partial charge in [-0.3, -0.25) is 0 Å². The first-order valence-corrected chi connectivity index (χ1v) is 5.56. The molecule has 0 aromatic rings. The summed E-state index contributed by atoms with van der Waals surface area (Å²) < 4.78 is 0. The number of rotatable bonds is 7. The first-order valence-electron chi connectivity index (χ1n) is 5.56. The van der Waals surface area contributed by atoms with Gasteiger partial charge in [-0.2, -0.15) is 0 Å². The average molecular weight is 194 g/mol. The normalized spacial score (nSPS) is 11.6. The molecule has 0 fully saturated rings. The molecule has 0 bridgehead atoms. The molecule has 1 N–H and O–H groups in total. The number of hydrogen-bond acceptors (Lipinski definition) is 1. The molecule has 0 aliphatic carbocycles. The molecule has 1 nitrogen and oxygen atoms in total. The summed E-state index contributed by atoms with van der Waals surface area (Å²) in [7, 11) is 0. The van der Waals surface area contributed by atoms with Gasteiger partial charge in [0.2, 0.25) is 0 Å². The molecule has 0 aliphatic rings. The van der Waals surface area contributed by atoms with Crippen LogP contribution in [0.2, 0.25) is 0 Å². The van der Waals surface area contributed by atoms with Gasteiger partial charge in [-0.1, -0.05) is 32.3 Å². The van der Waals surface area contributed by atoms with E-state index in [1.54, 1.807) is 6.08 Å². The molecule has 0 radical (unpaired) electrons. The van der Waals surface area contributed by atoms with E-state index in [1.165, 1.54) is 25.7 Å². The van der Waals surface area contributed by atoms with E-state index in [9.17, 15) is 5.11 Å². The van der Waals surface area contributed by atoms with Gasteiger partial charge in [-0.15, -0.1) is 18.4 Å². The lowest BCUT2D eigenvalue weighted by molar-refractivity contribution is 0.184. The number of hydrogen-bond donors (Lipinski definition) is 1. The monoisotopic (exact) mass is 194 g/mol. The predicted octanol–water partition coefficient (Wildman–Crippen LogP) is 3.29. The van der Waals surface area contributed by atoms with E-state index in [2.05, 4.69) is 25.3 Å². The fourth-order valence-corrected chi connectivity index (χ4v) is 1.19. The zero-order chi connectivity index (χ0) is 10.6. The highest BCUT2D eigenvalue weighted by molar-refractivity contribution is 5.00. The summed E-state index contributed by atoms with van der Waals surface area (Å²) in [5, 5.41) is 9.32. The molecule has 0 heterocycles. The van der Waals surface area contributed by atoms with Crippen molar-refractivity contribution < 1.29 is 5.11 Å². The Morgan fingerprint density at radius 2 is 2.07 bits per heavy atom. The van der Waals surface area contributed by atoms with E-state index in [4.69, 9.17) is 0 Å². The summed E-state index contributed by atoms with van der Waals surface area (Å²) in [5.74, 6) is 6.09. The molecule has 0 saturated heterocycles. The molecule has 14 heavy (non-hydrogen) atoms. The van der Waals surface area contributed by atoms with Crippen molar-refractivity contribution in [2.24, 2.45) is 0 Å². The maximum atomic E-state index is 9.32. The summed E-state index contributed by atoms with van der Waals surface area (Å²) in [4.78, 5) is 0. The van der Waals surface area contributed by atoms with E-state index >= 15 is 0 Å². The number of aliphatic hydroxyl groups excluding tert-OH is 1. The molecule has 0 unspecified atom stereocenters. The number of aliphatic hydroxyl groups is 1. The summed E-state index contributed by atoms with van der Waals surface area (Å²) in [6.45, 7) is 5.78. The average Bonchev–Trinajstić information content (AvgIpc) is 2.17. The Balaban J connectivity index is 3.29. The third-order valence-electron chi connectivity index (χ3n) is 2.06. The first-order chi connectivity index (χ1) is 6.81. The van der Waals surface area contributed by atoms with Gasteiger partial charge in [0.1, 0.15) is 0 Å². The minimum absolute atomic E-state index is 0.323. The lowest BCUT2D eigenvalue weighted by Gasteiger charge is -2.00. The molecule has 0 saturated carbocycles. The minimum Gasteiger partial charge on any atom is -0.392 e. The fourth-order valence-electron chi connectivity index (χ4n) is 1.19. The van der Waals surface area contributed by atoms with E-state index in [1.807, 2.05) is 0 Å². The van der Waals surface area contributed by atoms with Crippen molar-refractivity contribution in [3.63, 3.8) is 0 Å². The molecule has 0 spiro atoms. The van der Waals surface area contributed by atoms with Crippen LogP contribution in [-0.2, 0) is 0 Å². The van der Waals surface area contributed by atoms with Crippen LogP contribution in [0.5, 0.6) is 0 Å². The van der Waals surface area contributed by atoms with Crippen molar-refractivity contribution in [2.75, 3.05) is 0 Å². The number of unbranched alkanes of at least 4 members (excludes halogenated alkanes) is 4. The zero-order valence-corrected chi connectivity index (χ0v) is 9.26. The highest BCUT2D eigenvalue weighted by Gasteiger charge is 1.96. The molecule has 0 aliphatic heterocycles. The lowest BCUT2D eigenvalue weighted by atomic mass is 10.1. The van der Waals surface area contributed by atoms with Crippen molar-refractivity contribution in [2.45, 2.75) is 58.0 Å². The van der Waals surface area contributed by atoms with Crippen LogP contribution in [0, 0.1) is 11.8 Å². The maximum absolute atomic E-state index is 9.32. The standard InChI is InChI=1S/C13H22O/c1-3-5-6-7-8-9-10-12-13(14)11-4-2/h4,13-14H,2-3,5-8,11-12H2,1H3/t13-/m0/s1. The van der Waals surface area contributed by atoms with E-state index in [-0.39, 0.29) is 6.10 Å². The Hall–Kier alpha value is -0.740. The summed E-state index contributed by atoms with van der Waals surface area (Å²) in [6.07, 6.45) is 8.65. The molecular formula is C13H22O. The van der Waals surface area contributed by atoms with Crippen LogP contribution < -0.4 is 0 Å². The second-order valence-corrected chi connectivity index (χ2v) is 3.55. The quantitative estimate of drug-likeness (QED) is 0.374. The molecule has 1 heteroatoms. The van der Waals surface area contributed by atoms with Gasteiger partial charge in [0.25, 0.3) is 0 Å². The van der Waals surface area contributed by atoms with Gasteiger partial charge in [-0.25, -0.2) is 0 Å². The Labute approximate surface area is 88.2 Å². The minimum atomic E-state index is -0.323. The molecular weight excluding hydrogens is 172 g/mol. The molecule has 80 valence electrons. The van der Waals surface area contributed by atoms with Crippen LogP contribution in [-0.4, -0.2) is 11.2 Å². The molecule has 0 amide bonds. The molecule has 0 rings (SSSR count). The molecule has 0 aromatic carbocycles. The zero-order valence-electron chi connectivity index (χ0n) is 9.26. The Morgan fingerprint density at radius 3 is 2.71 bits per heavy atom. The van der Waals surface area contributed by atoms with Crippen molar-refractivity contribution >= 4 is 0 Å². The third kappa shape index (κ3) is 9.35. The van der Waals surface area contributed by atoms with E-state index < -0.39 is 0 Å². The second-order valence-electron chi connectivity index (χ2n) is 3.55. The van der Waals surface area contributed by atoms with Crippen LogP contribution in [0.3, 0.4) is 0 Å². The topological polar surface area (TPSA) is 20.2 Å². The summed E-state index contributed by atoms with van der Waals surface area (Å²) in [6, 6.07) is 0. The van der Waals surface area contributed by atoms with Gasteiger partial charge in [-0.05, 0) is 12.8 Å². The van der Waals surface area contributed by atoms with Gasteiger partial charge in [0.15, 0.2) is 0 Å². The Morgan fingerprint density at radius 1 is 1.29 bits per heavy atom. The van der Waals surface area contributed by atoms with Crippen LogP contribution in [0.1, 0.15) is 51.9 Å². The van der Waals surface area contributed by atoms with Crippen LogP contribution in [0.25, 0.3) is 0 Å². The fraction of sp³-hybridized carbons (Fsp3) is 0.692. The van der Waals surface area contributed by atoms with E-state index in [0.29, 0.717) is 12.8 Å². The SMILES string of the molecule is C=CC[C@H](O)CC#CCCCCCC. The van der Waals surface area contributed by atoms with Crippen molar-refractivity contribution in [3.05, 3.63) is 12.7 Å². The molecule has 0 aromatic heterocycles. The smallest absolute Gasteiger partial charge is 0.0683 e. The van der Waals surface area contributed by atoms with E-state index in [0.717, 1.165) is 6.42 Å². The predicted molar refractivity (Wildman–Crippen MR) is 62.0 cm³/mol. The van der Waals surface area contributed by atoms with Crippen molar-refractivity contribution in [1.29, 1.82) is 0 Å². The van der Waals surface area contributed by atoms with Gasteiger partial charge in [0.05, 0.1) is 6.10 Å². The van der Waals surface area contributed by atoms with Crippen molar-refractivity contribution in [3.8, 4) is 11.8 Å². The van der Waals surface area contributed by atoms with Crippen LogP contribution in [0.15, 0.2) is 12.7 Å². The first kappa shape index (κ1) is 13.3. The van der Waals surface area contributed by atoms with Crippen molar-refractivity contribution in [1.82, 2.24) is 0 Å². The summed E-state index contributed by atoms with van der Waals surface area (Å²) in [5.41, 5.74) is 0. The lowest BCUT2D eigenvalue weighted by Crippen LogP contribution is -2.02. The Kier molecular flexibility index (Phi) is 9.79. The second kappa shape index (κ2) is 10.3. The van der Waals surface area contributed by atoms with Gasteiger partial charge >= 0.3 is 0 Å². The third-order valence-corrected chi connectivity index (χ3v) is 2.06. The highest BCUT2D eigenvalue weighted by Crippen LogP contribution is 2.01. The van der Waals surface area contributed by atoms with Crippen LogP contribution in [0.4, 0.5) is 0 Å². The maximum Gasteiger partial charge on any atom is 0.0683 e.